The van der Waals surface area contributed by atoms with Gasteiger partial charge in [0, 0.05) is 37.4 Å². The number of pyridine rings is 1. The molecule has 0 spiro atoms. The number of nitro groups is 1. The summed E-state index contributed by atoms with van der Waals surface area (Å²) in [5, 5.41) is 24.1. The van der Waals surface area contributed by atoms with Crippen LogP contribution in [0.25, 0.3) is 0 Å². The normalized spacial score (nSPS) is 11.0. The van der Waals surface area contributed by atoms with E-state index in [1.807, 2.05) is 0 Å². The Hall–Kier alpha value is -3.05. The number of nitro benzene ring substituents is 1. The summed E-state index contributed by atoms with van der Waals surface area (Å²) in [7, 11) is -3.93. The van der Waals surface area contributed by atoms with Crippen LogP contribution in [0.15, 0.2) is 53.7 Å². The van der Waals surface area contributed by atoms with E-state index < -0.39 is 20.9 Å². The second kappa shape index (κ2) is 7.68. The number of rotatable bonds is 7. The summed E-state index contributed by atoms with van der Waals surface area (Å²) in [6, 6.07) is 7.29. The summed E-state index contributed by atoms with van der Waals surface area (Å²) in [6.07, 6.45) is 2.33. The van der Waals surface area contributed by atoms with E-state index in [1.54, 1.807) is 0 Å². The van der Waals surface area contributed by atoms with Crippen LogP contribution in [-0.2, 0) is 10.0 Å². The van der Waals surface area contributed by atoms with Crippen molar-refractivity contribution in [2.45, 2.75) is 4.90 Å². The van der Waals surface area contributed by atoms with Crippen molar-refractivity contribution in [3.8, 4) is 0 Å². The summed E-state index contributed by atoms with van der Waals surface area (Å²) in [5.74, 6) is -0.463. The van der Waals surface area contributed by atoms with E-state index in [0.29, 0.717) is 4.73 Å². The zero-order chi connectivity index (χ0) is 18.4. The van der Waals surface area contributed by atoms with Crippen LogP contribution in [-0.4, -0.2) is 32.3 Å². The molecule has 0 atom stereocenters. The summed E-state index contributed by atoms with van der Waals surface area (Å²) in [5.41, 5.74) is -0.0792. The molecule has 25 heavy (non-hydrogen) atoms. The third kappa shape index (κ3) is 4.96. The molecule has 11 heteroatoms. The fourth-order valence-electron chi connectivity index (χ4n) is 1.88. The van der Waals surface area contributed by atoms with Crippen molar-refractivity contribution in [2.75, 3.05) is 13.1 Å². The molecule has 0 saturated carbocycles. The predicted octanol–water partition coefficient (Wildman–Crippen LogP) is -0.0635. The number of benzene rings is 1. The number of sulfonamides is 1. The highest BCUT2D eigenvalue weighted by Gasteiger charge is 2.17. The van der Waals surface area contributed by atoms with Crippen LogP contribution in [0.2, 0.25) is 0 Å². The molecule has 0 aliphatic heterocycles. The molecule has 1 aromatic heterocycles. The number of carbonyl (C=O) groups excluding carboxylic acids is 1. The first-order chi connectivity index (χ1) is 11.8. The molecule has 1 heterocycles. The van der Waals surface area contributed by atoms with E-state index in [1.165, 1.54) is 42.7 Å². The van der Waals surface area contributed by atoms with Crippen molar-refractivity contribution in [3.63, 3.8) is 0 Å². The Bertz CT molecular complexity index is 882. The van der Waals surface area contributed by atoms with Gasteiger partial charge in [-0.1, -0.05) is 6.07 Å². The van der Waals surface area contributed by atoms with Gasteiger partial charge in [-0.2, -0.15) is 4.73 Å². The van der Waals surface area contributed by atoms with Crippen molar-refractivity contribution in [2.24, 2.45) is 0 Å². The molecule has 1 aromatic carbocycles. The van der Waals surface area contributed by atoms with Crippen LogP contribution in [0.4, 0.5) is 5.69 Å². The molecular formula is C14H14N4O6S. The van der Waals surface area contributed by atoms with E-state index in [-0.39, 0.29) is 29.2 Å². The molecule has 10 nitrogen and oxygen atoms in total. The molecule has 0 bridgehead atoms. The molecule has 1 amide bonds. The largest absolute Gasteiger partial charge is 0.619 e. The van der Waals surface area contributed by atoms with Gasteiger partial charge < -0.3 is 10.5 Å². The summed E-state index contributed by atoms with van der Waals surface area (Å²) in [4.78, 5) is 21.6. The third-order valence-corrected chi connectivity index (χ3v) is 4.56. The van der Waals surface area contributed by atoms with Crippen LogP contribution in [0, 0.1) is 15.3 Å². The van der Waals surface area contributed by atoms with Gasteiger partial charge in [-0.05, 0) is 6.07 Å². The number of aromatic nitrogens is 1. The number of nitrogens with zero attached hydrogens (tertiary/aromatic N) is 2. The average molecular weight is 366 g/mol. The van der Waals surface area contributed by atoms with E-state index in [2.05, 4.69) is 10.0 Å². The Morgan fingerprint density at radius 2 is 1.84 bits per heavy atom. The van der Waals surface area contributed by atoms with Crippen molar-refractivity contribution >= 4 is 21.6 Å². The lowest BCUT2D eigenvalue weighted by molar-refractivity contribution is -0.605. The van der Waals surface area contributed by atoms with Gasteiger partial charge in [-0.25, -0.2) is 13.1 Å². The number of hydrogen-bond donors (Lipinski definition) is 2. The molecule has 2 aromatic rings. The summed E-state index contributed by atoms with van der Waals surface area (Å²) < 4.78 is 26.9. The number of non-ortho nitro benzene ring substituents is 1. The monoisotopic (exact) mass is 366 g/mol. The molecular weight excluding hydrogens is 352 g/mol. The van der Waals surface area contributed by atoms with Gasteiger partial charge in [-0.3, -0.25) is 14.9 Å². The van der Waals surface area contributed by atoms with Crippen molar-refractivity contribution in [1.82, 2.24) is 10.0 Å². The fraction of sp³-hybridized carbons (Fsp3) is 0.143. The fourth-order valence-corrected chi connectivity index (χ4v) is 2.95. The number of carbonyl (C=O) groups is 1. The Morgan fingerprint density at radius 3 is 2.48 bits per heavy atom. The minimum absolute atomic E-state index is 0.000735. The van der Waals surface area contributed by atoms with E-state index in [4.69, 9.17) is 0 Å². The van der Waals surface area contributed by atoms with E-state index in [9.17, 15) is 28.5 Å². The maximum absolute atomic E-state index is 12.1. The zero-order valence-corrected chi connectivity index (χ0v) is 13.6. The molecule has 0 radical (unpaired) electrons. The summed E-state index contributed by atoms with van der Waals surface area (Å²) in [6.45, 7) is -0.107. The van der Waals surface area contributed by atoms with Crippen LogP contribution in [0.3, 0.4) is 0 Å². The Kier molecular flexibility index (Phi) is 5.62. The molecule has 2 N–H and O–H groups in total. The van der Waals surface area contributed by atoms with Gasteiger partial charge in [0.2, 0.25) is 10.0 Å². The number of amides is 1. The van der Waals surface area contributed by atoms with Crippen LogP contribution >= 0.6 is 0 Å². The Balaban J connectivity index is 1.90. The maximum atomic E-state index is 12.1. The molecule has 0 fully saturated rings. The van der Waals surface area contributed by atoms with Crippen LogP contribution in [0.5, 0.6) is 0 Å². The molecule has 0 saturated heterocycles. The third-order valence-electron chi connectivity index (χ3n) is 3.11. The second-order valence-corrected chi connectivity index (χ2v) is 6.62. The topological polar surface area (TPSA) is 145 Å². The molecule has 132 valence electrons. The average Bonchev–Trinajstić information content (AvgIpc) is 2.59. The van der Waals surface area contributed by atoms with Crippen molar-refractivity contribution in [1.29, 1.82) is 0 Å². The lowest BCUT2D eigenvalue weighted by Crippen LogP contribution is -2.35. The highest BCUT2D eigenvalue weighted by atomic mass is 32.2. The van der Waals surface area contributed by atoms with Crippen molar-refractivity contribution < 1.29 is 22.9 Å². The maximum Gasteiger partial charge on any atom is 0.270 e. The first kappa shape index (κ1) is 18.3. The zero-order valence-electron chi connectivity index (χ0n) is 12.8. The van der Waals surface area contributed by atoms with Gasteiger partial charge in [0.25, 0.3) is 11.6 Å². The highest BCUT2D eigenvalue weighted by Crippen LogP contribution is 2.16. The second-order valence-electron chi connectivity index (χ2n) is 4.85. The van der Waals surface area contributed by atoms with Gasteiger partial charge in [0.05, 0.1) is 15.4 Å². The van der Waals surface area contributed by atoms with Crippen LogP contribution < -0.4 is 14.8 Å². The Morgan fingerprint density at radius 1 is 1.16 bits per heavy atom. The van der Waals surface area contributed by atoms with Gasteiger partial charge >= 0.3 is 0 Å². The number of hydrogen-bond acceptors (Lipinski definition) is 6. The summed E-state index contributed by atoms with van der Waals surface area (Å²) >= 11 is 0. The highest BCUT2D eigenvalue weighted by molar-refractivity contribution is 7.89. The first-order valence-corrected chi connectivity index (χ1v) is 8.49. The predicted molar refractivity (Wildman–Crippen MR) is 86.0 cm³/mol. The lowest BCUT2D eigenvalue weighted by atomic mass is 10.2. The van der Waals surface area contributed by atoms with Crippen molar-refractivity contribution in [3.05, 3.63) is 69.7 Å². The quantitative estimate of drug-likeness (QED) is 0.231. The van der Waals surface area contributed by atoms with Gasteiger partial charge in [0.1, 0.15) is 0 Å². The SMILES string of the molecule is O=C(NCCNS(=O)(=O)c1cccc([N+](=O)[O-])c1)c1cc[n+]([O-])cc1. The molecule has 2 rings (SSSR count). The van der Waals surface area contributed by atoms with Gasteiger partial charge in [-0.15, -0.1) is 0 Å². The molecule has 0 aliphatic rings. The molecule has 0 aliphatic carbocycles. The van der Waals surface area contributed by atoms with Gasteiger partial charge in [0.15, 0.2) is 12.4 Å². The minimum Gasteiger partial charge on any atom is -0.619 e. The van der Waals surface area contributed by atoms with E-state index in [0.717, 1.165) is 6.07 Å². The minimum atomic E-state index is -3.93. The van der Waals surface area contributed by atoms with Crippen LogP contribution in [0.1, 0.15) is 10.4 Å². The standard InChI is InChI=1S/C14H14N4O6S/c19-14(11-4-8-17(20)9-5-11)15-6-7-16-25(23,24)13-3-1-2-12(10-13)18(21)22/h1-5,8-10,16H,6-7H2,(H,15,19). The Labute approximate surface area is 142 Å². The number of nitrogens with one attached hydrogen (secondary N) is 2. The smallest absolute Gasteiger partial charge is 0.270 e. The molecule has 0 unspecified atom stereocenters. The van der Waals surface area contributed by atoms with E-state index >= 15 is 0 Å². The lowest BCUT2D eigenvalue weighted by Gasteiger charge is -2.08. The first-order valence-electron chi connectivity index (χ1n) is 7.01.